The van der Waals surface area contributed by atoms with Gasteiger partial charge in [0.25, 0.3) is 0 Å². The van der Waals surface area contributed by atoms with Crippen molar-refractivity contribution in [1.29, 1.82) is 0 Å². The van der Waals surface area contributed by atoms with Gasteiger partial charge in [0.2, 0.25) is 0 Å². The zero-order valence-corrected chi connectivity index (χ0v) is 19.9. The summed E-state index contributed by atoms with van der Waals surface area (Å²) in [5.41, 5.74) is 2.14. The molecule has 3 heteroatoms. The fourth-order valence-corrected chi connectivity index (χ4v) is 4.38. The van der Waals surface area contributed by atoms with E-state index >= 15 is 0 Å². The number of nitrogens with zero attached hydrogens (tertiary/aromatic N) is 1. The minimum Gasteiger partial charge on any atom is -0.455 e. The van der Waals surface area contributed by atoms with E-state index in [1.54, 1.807) is 24.4 Å². The maximum atomic E-state index is 6.61. The molecule has 0 N–H and O–H groups in total. The van der Waals surface area contributed by atoms with Crippen LogP contribution in [0.15, 0.2) is 111 Å². The Labute approximate surface area is 210 Å². The molecule has 0 radical (unpaired) electrons. The third-order valence-corrected chi connectivity index (χ3v) is 6.10. The molecule has 0 atom stereocenters. The van der Waals surface area contributed by atoms with Crippen LogP contribution in [0.1, 0.15) is 11.1 Å². The van der Waals surface area contributed by atoms with Crippen LogP contribution in [-0.4, -0.2) is 4.98 Å². The summed E-state index contributed by atoms with van der Waals surface area (Å²) in [4.78, 5) is 4.68. The Morgan fingerprint density at radius 3 is 2.19 bits per heavy atom. The van der Waals surface area contributed by atoms with Crippen LogP contribution >= 0.6 is 0 Å². The molecule has 5 rings (SSSR count). The zero-order chi connectivity index (χ0) is 25.1. The fourth-order valence-electron chi connectivity index (χ4n) is 4.38. The Hall–Kier alpha value is -4.89. The van der Waals surface area contributed by atoms with Crippen molar-refractivity contribution in [3.05, 3.63) is 132 Å². The first-order chi connectivity index (χ1) is 17.7. The van der Waals surface area contributed by atoms with Crippen molar-refractivity contribution >= 4 is 46.2 Å². The quantitative estimate of drug-likeness (QED) is 0.253. The van der Waals surface area contributed by atoms with Crippen molar-refractivity contribution in [2.45, 2.75) is 0 Å². The van der Waals surface area contributed by atoms with Crippen molar-refractivity contribution < 1.29 is 9.47 Å². The molecule has 0 bridgehead atoms. The molecule has 1 heterocycles. The molecule has 4 aromatic carbocycles. The van der Waals surface area contributed by atoms with Crippen LogP contribution in [0.3, 0.4) is 0 Å². The normalized spacial score (nSPS) is 11.7. The van der Waals surface area contributed by atoms with Crippen LogP contribution in [0, 0.1) is 0 Å². The number of ether oxygens (including phenoxy) is 2. The number of aromatic nitrogens is 1. The number of benzene rings is 4. The Morgan fingerprint density at radius 1 is 0.722 bits per heavy atom. The topological polar surface area (TPSA) is 31.4 Å². The predicted octanol–water partition coefficient (Wildman–Crippen LogP) is 7.25. The molecular weight excluding hydrogens is 442 g/mol. The predicted molar refractivity (Wildman–Crippen MR) is 151 cm³/mol. The van der Waals surface area contributed by atoms with Gasteiger partial charge in [0.15, 0.2) is 5.75 Å². The smallest absolute Gasteiger partial charge is 0.161 e. The van der Waals surface area contributed by atoms with E-state index in [1.807, 2.05) is 66.7 Å². The summed E-state index contributed by atoms with van der Waals surface area (Å²) < 4.78 is 13.1. The third-order valence-electron chi connectivity index (χ3n) is 6.10. The number of hydrogen-bond donors (Lipinski definition) is 0. The first-order valence-corrected chi connectivity index (χ1v) is 11.6. The van der Waals surface area contributed by atoms with Crippen molar-refractivity contribution in [2.75, 3.05) is 0 Å². The van der Waals surface area contributed by atoms with Crippen LogP contribution in [0.2, 0.25) is 0 Å². The van der Waals surface area contributed by atoms with E-state index in [2.05, 4.69) is 43.4 Å². The molecule has 0 amide bonds. The molecule has 36 heavy (non-hydrogen) atoms. The summed E-state index contributed by atoms with van der Waals surface area (Å²) in [6.07, 6.45) is 6.92. The first-order valence-electron chi connectivity index (χ1n) is 11.6. The summed E-state index contributed by atoms with van der Waals surface area (Å²) in [5.74, 6) is 2.52. The van der Waals surface area contributed by atoms with E-state index < -0.39 is 0 Å². The maximum Gasteiger partial charge on any atom is 0.161 e. The summed E-state index contributed by atoms with van der Waals surface area (Å²) in [7, 11) is 0. The van der Waals surface area contributed by atoms with Gasteiger partial charge in [-0.2, -0.15) is 0 Å². The lowest BCUT2D eigenvalue weighted by molar-refractivity contribution is 0.488. The van der Waals surface area contributed by atoms with Crippen LogP contribution in [0.25, 0.3) is 46.2 Å². The van der Waals surface area contributed by atoms with Gasteiger partial charge in [0.05, 0.1) is 0 Å². The van der Waals surface area contributed by atoms with E-state index in [0.717, 1.165) is 43.5 Å². The molecule has 1 aromatic heterocycles. The molecule has 174 valence electrons. The summed E-state index contributed by atoms with van der Waals surface area (Å²) in [5, 5.41) is 4.60. The highest BCUT2D eigenvalue weighted by Gasteiger charge is 2.21. The van der Waals surface area contributed by atoms with E-state index in [9.17, 15) is 0 Å². The van der Waals surface area contributed by atoms with E-state index in [-0.39, 0.29) is 0 Å². The molecule has 0 fully saturated rings. The molecule has 0 unspecified atom stereocenters. The number of hydrogen-bond acceptors (Lipinski definition) is 3. The van der Waals surface area contributed by atoms with Crippen LogP contribution < -0.4 is 19.9 Å². The van der Waals surface area contributed by atoms with Crippen molar-refractivity contribution in [1.82, 2.24) is 4.98 Å². The minimum atomic E-state index is 0.555. The molecule has 0 saturated carbocycles. The Balaban J connectivity index is 1.78. The zero-order valence-electron chi connectivity index (χ0n) is 19.9. The van der Waals surface area contributed by atoms with E-state index in [4.69, 9.17) is 9.47 Å². The standard InChI is InChI=1S/C33H25NO2/c1-5-24-25(6-2)33(35-29(7-3)26-17-10-8-14-22(26)4)31-28(19-13-21-34-31)32(24)36-30-20-12-16-23-15-9-11-18-27(23)30/h5-21H,1-4H2/b29-26+. The van der Waals surface area contributed by atoms with Gasteiger partial charge in [0, 0.05) is 33.3 Å². The van der Waals surface area contributed by atoms with Crippen LogP contribution in [0.4, 0.5) is 0 Å². The van der Waals surface area contributed by atoms with Gasteiger partial charge in [-0.15, -0.1) is 0 Å². The molecule has 0 spiro atoms. The highest BCUT2D eigenvalue weighted by atomic mass is 16.5. The SMILES string of the molecule is C=C/C(Oc1c(C=C)c(C=C)c(Oc2cccc3ccccc23)c2cccnc12)=c1/ccccc1=C. The first kappa shape index (κ1) is 22.9. The average molecular weight is 468 g/mol. The summed E-state index contributed by atoms with van der Waals surface area (Å²) in [6.45, 7) is 16.3. The van der Waals surface area contributed by atoms with Gasteiger partial charge < -0.3 is 9.47 Å². The third kappa shape index (κ3) is 3.97. The maximum absolute atomic E-state index is 6.61. The second-order valence-electron chi connectivity index (χ2n) is 8.20. The lowest BCUT2D eigenvalue weighted by Crippen LogP contribution is -2.26. The van der Waals surface area contributed by atoms with Crippen molar-refractivity contribution in [3.8, 4) is 17.2 Å². The molecule has 0 saturated heterocycles. The van der Waals surface area contributed by atoms with Gasteiger partial charge in [-0.1, -0.05) is 99.1 Å². The number of pyridine rings is 1. The summed E-state index contributed by atoms with van der Waals surface area (Å²) >= 11 is 0. The highest BCUT2D eigenvalue weighted by molar-refractivity contribution is 5.99. The van der Waals surface area contributed by atoms with Gasteiger partial charge in [-0.3, -0.25) is 4.98 Å². The monoisotopic (exact) mass is 467 g/mol. The second-order valence-corrected chi connectivity index (χ2v) is 8.20. The summed E-state index contributed by atoms with van der Waals surface area (Å²) in [6, 6.07) is 25.8. The Bertz CT molecular complexity index is 1760. The minimum absolute atomic E-state index is 0.555. The molecular formula is C33H25NO2. The molecule has 3 nitrogen and oxygen atoms in total. The van der Waals surface area contributed by atoms with E-state index in [1.165, 1.54) is 0 Å². The molecule has 0 aliphatic rings. The van der Waals surface area contributed by atoms with Crippen molar-refractivity contribution in [3.63, 3.8) is 0 Å². The second kappa shape index (κ2) is 9.77. The van der Waals surface area contributed by atoms with E-state index in [0.29, 0.717) is 22.8 Å². The Kier molecular flexibility index (Phi) is 6.21. The van der Waals surface area contributed by atoms with Gasteiger partial charge in [-0.25, -0.2) is 0 Å². The molecule has 5 aromatic rings. The molecule has 0 aliphatic heterocycles. The fraction of sp³-hybridized carbons (Fsp3) is 0. The lowest BCUT2D eigenvalue weighted by atomic mass is 10.00. The molecule has 0 aliphatic carbocycles. The lowest BCUT2D eigenvalue weighted by Gasteiger charge is -2.20. The number of rotatable bonds is 7. The van der Waals surface area contributed by atoms with Gasteiger partial charge >= 0.3 is 0 Å². The highest BCUT2D eigenvalue weighted by Crippen LogP contribution is 2.44. The van der Waals surface area contributed by atoms with Crippen LogP contribution in [0.5, 0.6) is 17.2 Å². The van der Waals surface area contributed by atoms with Gasteiger partial charge in [-0.05, 0) is 34.9 Å². The number of fused-ring (bicyclic) bond motifs is 2. The van der Waals surface area contributed by atoms with Gasteiger partial charge in [0.1, 0.15) is 22.8 Å². The average Bonchev–Trinajstić information content (AvgIpc) is 2.92. The van der Waals surface area contributed by atoms with Crippen molar-refractivity contribution in [2.24, 2.45) is 0 Å². The largest absolute Gasteiger partial charge is 0.455 e. The Morgan fingerprint density at radius 2 is 1.42 bits per heavy atom. The van der Waals surface area contributed by atoms with Crippen LogP contribution in [-0.2, 0) is 0 Å².